The van der Waals surface area contributed by atoms with Gasteiger partial charge in [-0.1, -0.05) is 0 Å². The van der Waals surface area contributed by atoms with Crippen LogP contribution in [0.3, 0.4) is 0 Å². The molecule has 3 aromatic heterocycles. The molecule has 0 radical (unpaired) electrons. The van der Waals surface area contributed by atoms with Crippen LogP contribution in [-0.4, -0.2) is 50.7 Å². The second-order valence-corrected chi connectivity index (χ2v) is 8.91. The Morgan fingerprint density at radius 2 is 1.83 bits per heavy atom. The lowest BCUT2D eigenvalue weighted by molar-refractivity contribution is 0.154. The molecule has 158 valence electrons. The number of rotatable bonds is 4. The molecule has 30 heavy (non-hydrogen) atoms. The van der Waals surface area contributed by atoms with E-state index in [4.69, 9.17) is 4.98 Å². The van der Waals surface area contributed by atoms with Crippen molar-refractivity contribution in [3.05, 3.63) is 30.9 Å². The fourth-order valence-corrected chi connectivity index (χ4v) is 4.75. The summed E-state index contributed by atoms with van der Waals surface area (Å²) in [5.41, 5.74) is 2.49. The van der Waals surface area contributed by atoms with E-state index in [2.05, 4.69) is 48.9 Å². The third kappa shape index (κ3) is 3.71. The number of hydrogen-bond acceptors (Lipinski definition) is 7. The van der Waals surface area contributed by atoms with Gasteiger partial charge in [-0.05, 0) is 64.1 Å². The first-order chi connectivity index (χ1) is 14.6. The third-order valence-electron chi connectivity index (χ3n) is 6.69. The minimum Gasteiger partial charge on any atom is -0.341 e. The summed E-state index contributed by atoms with van der Waals surface area (Å²) < 4.78 is 2.15. The average molecular weight is 407 g/mol. The number of piperidine rings is 2. The highest BCUT2D eigenvalue weighted by Gasteiger charge is 2.36. The van der Waals surface area contributed by atoms with Crippen LogP contribution in [0.2, 0.25) is 0 Å². The minimum absolute atomic E-state index is 0.346. The Hall–Kier alpha value is -2.74. The van der Waals surface area contributed by atoms with Gasteiger partial charge in [0.15, 0.2) is 0 Å². The lowest BCUT2D eigenvalue weighted by Crippen LogP contribution is -2.46. The Bertz CT molecular complexity index is 1010. The summed E-state index contributed by atoms with van der Waals surface area (Å²) >= 11 is 0. The maximum absolute atomic E-state index is 4.78. The van der Waals surface area contributed by atoms with E-state index in [0.717, 1.165) is 54.8 Å². The van der Waals surface area contributed by atoms with Crippen LogP contribution in [0, 0.1) is 5.41 Å². The molecule has 8 nitrogen and oxygen atoms in total. The van der Waals surface area contributed by atoms with Crippen molar-refractivity contribution in [2.24, 2.45) is 5.41 Å². The van der Waals surface area contributed by atoms with Gasteiger partial charge in [-0.3, -0.25) is 0 Å². The maximum atomic E-state index is 4.78. The van der Waals surface area contributed by atoms with Gasteiger partial charge < -0.3 is 20.1 Å². The molecule has 0 saturated carbocycles. The number of nitrogens with one attached hydrogen (secondary N) is 2. The van der Waals surface area contributed by atoms with Gasteiger partial charge in [-0.2, -0.15) is 4.98 Å². The summed E-state index contributed by atoms with van der Waals surface area (Å²) in [6.07, 6.45) is 10.6. The van der Waals surface area contributed by atoms with Gasteiger partial charge in [0.05, 0.1) is 18.0 Å². The van der Waals surface area contributed by atoms with Crippen molar-refractivity contribution in [3.63, 3.8) is 0 Å². The van der Waals surface area contributed by atoms with Gasteiger partial charge in [0.1, 0.15) is 17.2 Å². The van der Waals surface area contributed by atoms with Crippen LogP contribution < -0.4 is 15.5 Å². The van der Waals surface area contributed by atoms with Gasteiger partial charge in [0.25, 0.3) is 0 Å². The van der Waals surface area contributed by atoms with Gasteiger partial charge >= 0.3 is 0 Å². The third-order valence-corrected chi connectivity index (χ3v) is 6.69. The van der Waals surface area contributed by atoms with E-state index in [1.165, 1.54) is 25.7 Å². The predicted molar refractivity (Wildman–Crippen MR) is 119 cm³/mol. The molecule has 0 amide bonds. The van der Waals surface area contributed by atoms with Crippen LogP contribution >= 0.6 is 0 Å². The van der Waals surface area contributed by atoms with Crippen molar-refractivity contribution in [2.45, 2.75) is 45.6 Å². The first kappa shape index (κ1) is 19.2. The van der Waals surface area contributed by atoms with Crippen molar-refractivity contribution in [1.82, 2.24) is 29.8 Å². The molecule has 3 aromatic rings. The predicted octanol–water partition coefficient (Wildman–Crippen LogP) is 3.52. The van der Waals surface area contributed by atoms with Crippen molar-refractivity contribution >= 4 is 28.6 Å². The Morgan fingerprint density at radius 3 is 2.60 bits per heavy atom. The van der Waals surface area contributed by atoms with E-state index < -0.39 is 0 Å². The largest absolute Gasteiger partial charge is 0.341 e. The van der Waals surface area contributed by atoms with Crippen molar-refractivity contribution in [1.29, 1.82) is 0 Å². The molecule has 5 rings (SSSR count). The molecule has 1 spiro atoms. The van der Waals surface area contributed by atoms with Gasteiger partial charge in [-0.15, -0.1) is 0 Å². The highest BCUT2D eigenvalue weighted by molar-refractivity contribution is 5.78. The van der Waals surface area contributed by atoms with E-state index in [-0.39, 0.29) is 0 Å². The first-order valence-corrected chi connectivity index (χ1v) is 11.0. The molecule has 8 heteroatoms. The summed E-state index contributed by atoms with van der Waals surface area (Å²) in [5, 5.41) is 6.84. The number of nitrogens with zero attached hydrogens (tertiary/aromatic N) is 6. The van der Waals surface area contributed by atoms with E-state index in [1.807, 2.05) is 30.9 Å². The topological polar surface area (TPSA) is 83.8 Å². The quantitative estimate of drug-likeness (QED) is 0.686. The second kappa shape index (κ2) is 7.83. The second-order valence-electron chi connectivity index (χ2n) is 8.91. The number of pyridine rings is 1. The molecule has 0 bridgehead atoms. The molecule has 2 fully saturated rings. The lowest BCUT2D eigenvalue weighted by Gasteiger charge is -2.44. The molecule has 2 aliphatic rings. The van der Waals surface area contributed by atoms with Crippen LogP contribution in [0.25, 0.3) is 11.0 Å². The van der Waals surface area contributed by atoms with Crippen LogP contribution in [0.15, 0.2) is 30.9 Å². The van der Waals surface area contributed by atoms with Gasteiger partial charge in [0.2, 0.25) is 5.95 Å². The normalized spacial score (nSPS) is 19.0. The van der Waals surface area contributed by atoms with Gasteiger partial charge in [0, 0.05) is 31.4 Å². The molecule has 5 heterocycles. The summed E-state index contributed by atoms with van der Waals surface area (Å²) in [6.45, 7) is 8.67. The average Bonchev–Trinajstić information content (AvgIpc) is 3.19. The van der Waals surface area contributed by atoms with Crippen molar-refractivity contribution in [3.8, 4) is 0 Å². The lowest BCUT2D eigenvalue weighted by atomic mass is 9.72. The van der Waals surface area contributed by atoms with Crippen molar-refractivity contribution < 1.29 is 0 Å². The summed E-state index contributed by atoms with van der Waals surface area (Å²) in [6, 6.07) is 4.28. The number of fused-ring (bicyclic) bond motifs is 1. The zero-order valence-corrected chi connectivity index (χ0v) is 17.8. The number of anilines is 3. The number of hydrogen-bond donors (Lipinski definition) is 2. The maximum Gasteiger partial charge on any atom is 0.227 e. The summed E-state index contributed by atoms with van der Waals surface area (Å²) in [7, 11) is 0. The molecule has 0 aliphatic carbocycles. The Kier molecular flexibility index (Phi) is 5.02. The molecule has 2 aliphatic heterocycles. The molecule has 2 N–H and O–H groups in total. The highest BCUT2D eigenvalue weighted by atomic mass is 15.3. The number of aromatic nitrogens is 5. The minimum atomic E-state index is 0.346. The Balaban J connectivity index is 1.31. The van der Waals surface area contributed by atoms with E-state index >= 15 is 0 Å². The summed E-state index contributed by atoms with van der Waals surface area (Å²) in [5.74, 6) is 2.34. The van der Waals surface area contributed by atoms with Crippen LogP contribution in [0.5, 0.6) is 0 Å². The molecular formula is C22H30N8. The van der Waals surface area contributed by atoms with Crippen LogP contribution in [-0.2, 0) is 0 Å². The van der Waals surface area contributed by atoms with Gasteiger partial charge in [-0.25, -0.2) is 15.0 Å². The molecule has 0 aromatic carbocycles. The first-order valence-electron chi connectivity index (χ1n) is 11.0. The van der Waals surface area contributed by atoms with Crippen molar-refractivity contribution in [2.75, 3.05) is 36.4 Å². The highest BCUT2D eigenvalue weighted by Crippen LogP contribution is 2.40. The zero-order chi connectivity index (χ0) is 20.6. The standard InChI is InChI=1S/C22H30N8/c1-16(2)30-15-26-17-14-25-20(13-18(17)30)27-19-3-8-24-21(28-19)29-11-6-22(7-12-29)4-9-23-10-5-22/h3,8,13-16,23H,4-7,9-12H2,1-2H3,(H,24,25,27,28). The molecule has 0 atom stereocenters. The Morgan fingerprint density at radius 1 is 1.03 bits per heavy atom. The van der Waals surface area contributed by atoms with Crippen LogP contribution in [0.4, 0.5) is 17.6 Å². The number of imidazole rings is 1. The molecular weight excluding hydrogens is 376 g/mol. The molecule has 0 unspecified atom stereocenters. The van der Waals surface area contributed by atoms with E-state index in [1.54, 1.807) is 0 Å². The van der Waals surface area contributed by atoms with Crippen LogP contribution in [0.1, 0.15) is 45.6 Å². The van der Waals surface area contributed by atoms with E-state index in [0.29, 0.717) is 11.5 Å². The Labute approximate surface area is 177 Å². The fraction of sp³-hybridized carbons (Fsp3) is 0.545. The monoisotopic (exact) mass is 406 g/mol. The van der Waals surface area contributed by atoms with E-state index in [9.17, 15) is 0 Å². The smallest absolute Gasteiger partial charge is 0.227 e. The SMILES string of the molecule is CC(C)n1cnc2cnc(Nc3ccnc(N4CCC5(CCNCC5)CC4)n3)cc21. The molecule has 2 saturated heterocycles. The summed E-state index contributed by atoms with van der Waals surface area (Å²) in [4.78, 5) is 20.6. The fourth-order valence-electron chi connectivity index (χ4n) is 4.75. The zero-order valence-electron chi connectivity index (χ0n) is 17.8.